The van der Waals surface area contributed by atoms with Crippen molar-refractivity contribution in [3.8, 4) is 45.8 Å². The first-order chi connectivity index (χ1) is 17.1. The Hall–Kier alpha value is -3.75. The second-order valence-corrected chi connectivity index (χ2v) is 7.97. The summed E-state index contributed by atoms with van der Waals surface area (Å²) >= 11 is 0. The average Bonchev–Trinajstić information content (AvgIpc) is 2.85. The molecule has 0 spiro atoms. The van der Waals surface area contributed by atoms with E-state index in [1.165, 1.54) is 26.4 Å². The van der Waals surface area contributed by atoms with Crippen LogP contribution in [0, 0.1) is 0 Å². The Balaban J connectivity index is 1.77. The predicted molar refractivity (Wildman–Crippen MR) is 120 cm³/mol. The number of aliphatic hydroxyl groups is 4. The summed E-state index contributed by atoms with van der Waals surface area (Å²) in [5.74, 6) is -2.41. The fourth-order valence-electron chi connectivity index (χ4n) is 3.85. The summed E-state index contributed by atoms with van der Waals surface area (Å²) in [7, 11) is 2.64. The molecule has 0 saturated carbocycles. The summed E-state index contributed by atoms with van der Waals surface area (Å²) in [6.45, 7) is -0.723. The van der Waals surface area contributed by atoms with Gasteiger partial charge in [-0.3, -0.25) is 4.79 Å². The predicted octanol–water partition coefficient (Wildman–Crippen LogP) is -0.227. The van der Waals surface area contributed by atoms with Crippen molar-refractivity contribution in [1.29, 1.82) is 0 Å². The molecule has 1 aliphatic heterocycles. The number of hydrogen-bond donors (Lipinski definition) is 7. The van der Waals surface area contributed by atoms with Crippen LogP contribution in [0.3, 0.4) is 0 Å². The van der Waals surface area contributed by atoms with Gasteiger partial charge in [-0.2, -0.15) is 0 Å². The van der Waals surface area contributed by atoms with E-state index in [-0.39, 0.29) is 39.5 Å². The first-order valence-electron chi connectivity index (χ1n) is 10.6. The van der Waals surface area contributed by atoms with E-state index in [4.69, 9.17) is 23.4 Å². The van der Waals surface area contributed by atoms with Gasteiger partial charge >= 0.3 is 0 Å². The highest BCUT2D eigenvalue weighted by atomic mass is 16.7. The molecule has 4 rings (SSSR count). The third-order valence-corrected chi connectivity index (χ3v) is 5.77. The SMILES string of the molecule is COc1cc(-c2cc(=O)c3c(O)c(O[C@@H]4O[C@H](CO)[C@@H](O)[C@H](O)[C@H]4O)c(O)cc3o2)cc(OC)c1O. The van der Waals surface area contributed by atoms with Crippen molar-refractivity contribution >= 4 is 11.0 Å². The molecule has 0 unspecified atom stereocenters. The van der Waals surface area contributed by atoms with Crippen LogP contribution in [0.25, 0.3) is 22.3 Å². The molecule has 1 aromatic heterocycles. The van der Waals surface area contributed by atoms with Crippen LogP contribution in [0.1, 0.15) is 0 Å². The monoisotopic (exact) mass is 508 g/mol. The lowest BCUT2D eigenvalue weighted by atomic mass is 9.99. The van der Waals surface area contributed by atoms with Crippen molar-refractivity contribution in [2.75, 3.05) is 20.8 Å². The molecule has 194 valence electrons. The molecule has 3 aromatic rings. The molecule has 5 atom stereocenters. The van der Waals surface area contributed by atoms with Crippen LogP contribution < -0.4 is 19.6 Å². The quantitative estimate of drug-likeness (QED) is 0.230. The standard InChI is InChI=1S/C23H24O13/c1-32-13-3-8(4-14(33-2)17(13)27)11-5-9(25)16-12(34-11)6-10(26)22(19(16)29)36-23-21(31)20(30)18(28)15(7-24)35-23/h3-6,15,18,20-21,23-24,26-31H,7H2,1-2H3/t15-,18-,20+,21-,23+/m1/s1. The fraction of sp³-hybridized carbons (Fsp3) is 0.348. The maximum Gasteiger partial charge on any atom is 0.229 e. The van der Waals surface area contributed by atoms with Crippen LogP contribution in [0.15, 0.2) is 33.5 Å². The minimum atomic E-state index is -1.82. The summed E-state index contributed by atoms with van der Waals surface area (Å²) < 4.78 is 26.5. The van der Waals surface area contributed by atoms with E-state index in [0.717, 1.165) is 12.1 Å². The molecule has 13 heteroatoms. The van der Waals surface area contributed by atoms with Crippen LogP contribution in [0.5, 0.6) is 34.5 Å². The molecule has 2 heterocycles. The number of phenolic OH excluding ortho intramolecular Hbond substituents is 3. The third-order valence-electron chi connectivity index (χ3n) is 5.77. The van der Waals surface area contributed by atoms with Crippen LogP contribution >= 0.6 is 0 Å². The van der Waals surface area contributed by atoms with E-state index in [0.29, 0.717) is 0 Å². The van der Waals surface area contributed by atoms with E-state index >= 15 is 0 Å². The number of aliphatic hydroxyl groups excluding tert-OH is 4. The lowest BCUT2D eigenvalue weighted by Crippen LogP contribution is -2.60. The van der Waals surface area contributed by atoms with Gasteiger partial charge in [0.25, 0.3) is 0 Å². The van der Waals surface area contributed by atoms with Crippen LogP contribution in [0.4, 0.5) is 0 Å². The second-order valence-electron chi connectivity index (χ2n) is 7.97. The Kier molecular flexibility index (Phi) is 6.84. The molecule has 36 heavy (non-hydrogen) atoms. The second kappa shape index (κ2) is 9.72. The van der Waals surface area contributed by atoms with Gasteiger partial charge in [0.15, 0.2) is 28.4 Å². The normalized spacial score (nSPS) is 24.0. The van der Waals surface area contributed by atoms with Gasteiger partial charge in [0.1, 0.15) is 41.1 Å². The molecular formula is C23H24O13. The number of ether oxygens (including phenoxy) is 4. The summed E-state index contributed by atoms with van der Waals surface area (Å²) in [4.78, 5) is 12.9. The smallest absolute Gasteiger partial charge is 0.229 e. The van der Waals surface area contributed by atoms with Gasteiger partial charge in [-0.25, -0.2) is 0 Å². The molecule has 7 N–H and O–H groups in total. The average molecular weight is 508 g/mol. The minimum Gasteiger partial charge on any atom is -0.504 e. The lowest BCUT2D eigenvalue weighted by molar-refractivity contribution is -0.277. The highest BCUT2D eigenvalue weighted by Gasteiger charge is 2.45. The number of rotatable bonds is 6. The molecular weight excluding hydrogens is 484 g/mol. The lowest BCUT2D eigenvalue weighted by Gasteiger charge is -2.39. The summed E-state index contributed by atoms with van der Waals surface area (Å²) in [5, 5.41) is 70.3. The largest absolute Gasteiger partial charge is 0.504 e. The molecule has 1 saturated heterocycles. The molecule has 1 aliphatic rings. The van der Waals surface area contributed by atoms with Crippen molar-refractivity contribution < 1.29 is 59.1 Å². The zero-order valence-corrected chi connectivity index (χ0v) is 19.0. The zero-order chi connectivity index (χ0) is 26.3. The van der Waals surface area contributed by atoms with Gasteiger partial charge < -0.3 is 59.1 Å². The number of aromatic hydroxyl groups is 3. The maximum atomic E-state index is 12.9. The number of fused-ring (bicyclic) bond motifs is 1. The van der Waals surface area contributed by atoms with Crippen LogP contribution in [-0.4, -0.2) is 87.3 Å². The number of phenols is 3. The van der Waals surface area contributed by atoms with Crippen molar-refractivity contribution in [3.63, 3.8) is 0 Å². The number of benzene rings is 2. The molecule has 0 amide bonds. The third kappa shape index (κ3) is 4.23. The molecule has 0 radical (unpaired) electrons. The highest BCUT2D eigenvalue weighted by Crippen LogP contribution is 2.44. The number of methoxy groups -OCH3 is 2. The maximum absolute atomic E-state index is 12.9. The molecule has 0 aliphatic carbocycles. The van der Waals surface area contributed by atoms with E-state index < -0.39 is 60.0 Å². The van der Waals surface area contributed by atoms with Crippen LogP contribution in [0.2, 0.25) is 0 Å². The van der Waals surface area contributed by atoms with Gasteiger partial charge in [0.05, 0.1) is 20.8 Å². The van der Waals surface area contributed by atoms with Crippen LogP contribution in [-0.2, 0) is 4.74 Å². The number of hydrogen-bond acceptors (Lipinski definition) is 13. The van der Waals surface area contributed by atoms with E-state index in [1.54, 1.807) is 0 Å². The van der Waals surface area contributed by atoms with Gasteiger partial charge in [0.2, 0.25) is 17.8 Å². The van der Waals surface area contributed by atoms with Crippen molar-refractivity contribution in [2.24, 2.45) is 0 Å². The summed E-state index contributed by atoms with van der Waals surface area (Å²) in [6, 6.07) is 4.80. The molecule has 1 fully saturated rings. The van der Waals surface area contributed by atoms with Crippen molar-refractivity contribution in [1.82, 2.24) is 0 Å². The Bertz CT molecular complexity index is 1310. The van der Waals surface area contributed by atoms with Crippen molar-refractivity contribution in [3.05, 3.63) is 34.5 Å². The van der Waals surface area contributed by atoms with E-state index in [2.05, 4.69) is 0 Å². The zero-order valence-electron chi connectivity index (χ0n) is 19.0. The summed E-state index contributed by atoms with van der Waals surface area (Å²) in [5.41, 5.74) is -0.700. The molecule has 0 bridgehead atoms. The van der Waals surface area contributed by atoms with Gasteiger partial charge in [-0.15, -0.1) is 0 Å². The van der Waals surface area contributed by atoms with Crippen molar-refractivity contribution in [2.45, 2.75) is 30.7 Å². The first-order valence-corrected chi connectivity index (χ1v) is 10.6. The van der Waals surface area contributed by atoms with E-state index in [1.807, 2.05) is 0 Å². The van der Waals surface area contributed by atoms with Gasteiger partial charge in [-0.1, -0.05) is 0 Å². The van der Waals surface area contributed by atoms with E-state index in [9.17, 15) is 40.5 Å². The Labute approximate surface area is 202 Å². The Morgan fingerprint density at radius 1 is 0.889 bits per heavy atom. The van der Waals surface area contributed by atoms with Gasteiger partial charge in [0, 0.05) is 17.7 Å². The first kappa shape index (κ1) is 25.3. The molecule has 13 nitrogen and oxygen atoms in total. The summed E-state index contributed by atoms with van der Waals surface area (Å²) in [6.07, 6.45) is -8.26. The molecule has 2 aromatic carbocycles. The Morgan fingerprint density at radius 2 is 1.53 bits per heavy atom. The van der Waals surface area contributed by atoms with Gasteiger partial charge in [-0.05, 0) is 12.1 Å². The Morgan fingerprint density at radius 3 is 2.11 bits per heavy atom. The highest BCUT2D eigenvalue weighted by molar-refractivity contribution is 5.89. The topological polar surface area (TPSA) is 209 Å². The fourth-order valence-corrected chi connectivity index (χ4v) is 3.85. The minimum absolute atomic E-state index is 0.00879.